The fourth-order valence-electron chi connectivity index (χ4n) is 6.08. The molecule has 0 bridgehead atoms. The first kappa shape index (κ1) is 27.6. The van der Waals surface area contributed by atoms with Crippen LogP contribution >= 0.6 is 0 Å². The van der Waals surface area contributed by atoms with Gasteiger partial charge in [-0.25, -0.2) is 4.79 Å². The first-order valence-electron chi connectivity index (χ1n) is 14.2. The van der Waals surface area contributed by atoms with Gasteiger partial charge >= 0.3 is 5.69 Å². The fraction of sp³-hybridized carbons (Fsp3) is 0.438. The summed E-state index contributed by atoms with van der Waals surface area (Å²) < 4.78 is 2.61. The van der Waals surface area contributed by atoms with Gasteiger partial charge in [-0.15, -0.1) is 0 Å². The zero-order chi connectivity index (χ0) is 28.6. The summed E-state index contributed by atoms with van der Waals surface area (Å²) in [6.07, 6.45) is 4.23. The van der Waals surface area contributed by atoms with E-state index in [9.17, 15) is 19.2 Å². The maximum atomic E-state index is 13.4. The van der Waals surface area contributed by atoms with Crippen LogP contribution in [0.5, 0.6) is 0 Å². The van der Waals surface area contributed by atoms with Crippen molar-refractivity contribution in [2.75, 3.05) is 19.6 Å². The maximum Gasteiger partial charge on any atom is 0.331 e. The number of carbonyl (C=O) groups excluding carboxylic acids is 2. The van der Waals surface area contributed by atoms with Crippen molar-refractivity contribution in [3.63, 3.8) is 0 Å². The molecule has 40 heavy (non-hydrogen) atoms. The molecule has 8 nitrogen and oxygen atoms in total. The van der Waals surface area contributed by atoms with Gasteiger partial charge in [0, 0.05) is 37.9 Å². The molecule has 0 N–H and O–H groups in total. The molecule has 2 aromatic carbocycles. The van der Waals surface area contributed by atoms with Crippen LogP contribution in [-0.4, -0.2) is 56.4 Å². The third kappa shape index (κ3) is 5.27. The number of aromatic nitrogens is 2. The number of carbonyl (C=O) groups is 2. The Morgan fingerprint density at radius 1 is 0.900 bits per heavy atom. The number of benzene rings is 2. The quantitative estimate of drug-likeness (QED) is 0.494. The molecule has 0 saturated carbocycles. The Kier molecular flexibility index (Phi) is 7.79. The first-order valence-corrected chi connectivity index (χ1v) is 14.2. The van der Waals surface area contributed by atoms with Gasteiger partial charge in [0.1, 0.15) is 6.54 Å². The Bertz CT molecular complexity index is 1560. The van der Waals surface area contributed by atoms with Gasteiger partial charge < -0.3 is 9.80 Å². The van der Waals surface area contributed by atoms with E-state index in [1.807, 2.05) is 55.1 Å². The lowest BCUT2D eigenvalue weighted by molar-refractivity contribution is -0.136. The van der Waals surface area contributed by atoms with Gasteiger partial charge in [0.15, 0.2) is 0 Å². The van der Waals surface area contributed by atoms with Crippen LogP contribution in [0.3, 0.4) is 0 Å². The largest absolute Gasteiger partial charge is 0.341 e. The molecule has 8 heteroatoms. The second-order valence-corrected chi connectivity index (χ2v) is 11.4. The number of likely N-dealkylation sites (tertiary alicyclic amines) is 1. The monoisotopic (exact) mass is 542 g/mol. The molecule has 210 valence electrons. The molecule has 0 radical (unpaired) electrons. The summed E-state index contributed by atoms with van der Waals surface area (Å²) >= 11 is 0. The van der Waals surface area contributed by atoms with E-state index in [0.717, 1.165) is 28.7 Å². The van der Waals surface area contributed by atoms with Crippen molar-refractivity contribution in [2.45, 2.75) is 72.0 Å². The molecule has 0 aliphatic carbocycles. The fourth-order valence-corrected chi connectivity index (χ4v) is 6.08. The highest BCUT2D eigenvalue weighted by Crippen LogP contribution is 2.24. The summed E-state index contributed by atoms with van der Waals surface area (Å²) in [6, 6.07) is 13.7. The highest BCUT2D eigenvalue weighted by atomic mass is 16.2. The Morgan fingerprint density at radius 2 is 1.60 bits per heavy atom. The molecular weight excluding hydrogens is 504 g/mol. The lowest BCUT2D eigenvalue weighted by Gasteiger charge is -2.38. The van der Waals surface area contributed by atoms with Crippen LogP contribution in [-0.2, 0) is 29.0 Å². The zero-order valence-electron chi connectivity index (χ0n) is 23.9. The summed E-state index contributed by atoms with van der Waals surface area (Å²) in [5.41, 5.74) is 4.73. The van der Waals surface area contributed by atoms with Crippen molar-refractivity contribution < 1.29 is 9.59 Å². The second-order valence-electron chi connectivity index (χ2n) is 11.4. The van der Waals surface area contributed by atoms with Crippen LogP contribution in [0.15, 0.2) is 58.3 Å². The first-order chi connectivity index (χ1) is 19.2. The number of hydrogen-bond donors (Lipinski definition) is 0. The van der Waals surface area contributed by atoms with Crippen LogP contribution < -0.4 is 11.2 Å². The number of rotatable bonds is 5. The van der Waals surface area contributed by atoms with Crippen LogP contribution in [0, 0.1) is 13.8 Å². The van der Waals surface area contributed by atoms with Gasteiger partial charge in [-0.2, -0.15) is 0 Å². The highest BCUT2D eigenvalue weighted by molar-refractivity contribution is 5.80. The van der Waals surface area contributed by atoms with Crippen molar-refractivity contribution in [1.82, 2.24) is 18.9 Å². The zero-order valence-corrected chi connectivity index (χ0v) is 23.9. The molecule has 2 aliphatic heterocycles. The average molecular weight is 543 g/mol. The number of amides is 2. The Balaban J connectivity index is 1.32. The van der Waals surface area contributed by atoms with E-state index in [4.69, 9.17) is 0 Å². The van der Waals surface area contributed by atoms with Gasteiger partial charge in [-0.3, -0.25) is 23.5 Å². The summed E-state index contributed by atoms with van der Waals surface area (Å²) in [5.74, 6) is -0.00721. The summed E-state index contributed by atoms with van der Waals surface area (Å²) in [7, 11) is 0. The second kappa shape index (κ2) is 11.3. The number of fused-ring (bicyclic) bond motifs is 1. The SMILES string of the molecule is Cc1cccc(-c2cn(CC(=O)N3CCC(N4CCc5ccccc5CC4=O)CC3)c(=O)n(C(C)C)c2=O)c1C. The van der Waals surface area contributed by atoms with Crippen LogP contribution in [0.4, 0.5) is 0 Å². The molecule has 3 aromatic rings. The van der Waals surface area contributed by atoms with Gasteiger partial charge in [-0.05, 0) is 74.8 Å². The number of piperidine rings is 1. The molecule has 2 amide bonds. The molecule has 0 atom stereocenters. The predicted molar refractivity (Wildman–Crippen MR) is 155 cm³/mol. The van der Waals surface area contributed by atoms with Crippen LogP contribution in [0.1, 0.15) is 55.0 Å². The minimum Gasteiger partial charge on any atom is -0.341 e. The molecule has 0 spiro atoms. The Hall–Kier alpha value is -3.94. The van der Waals surface area contributed by atoms with E-state index < -0.39 is 5.69 Å². The van der Waals surface area contributed by atoms with Crippen molar-refractivity contribution in [1.29, 1.82) is 0 Å². The van der Waals surface area contributed by atoms with Crippen molar-refractivity contribution in [3.05, 3.63) is 91.8 Å². The number of nitrogens with zero attached hydrogens (tertiary/aromatic N) is 4. The summed E-state index contributed by atoms with van der Waals surface area (Å²) in [6.45, 7) is 9.17. The average Bonchev–Trinajstić information content (AvgIpc) is 3.10. The molecule has 2 aliphatic rings. The van der Waals surface area contributed by atoms with Crippen molar-refractivity contribution in [3.8, 4) is 11.1 Å². The Labute approximate surface area is 234 Å². The van der Waals surface area contributed by atoms with Crippen molar-refractivity contribution >= 4 is 11.8 Å². The predicted octanol–water partition coefficient (Wildman–Crippen LogP) is 3.49. The molecule has 1 saturated heterocycles. The van der Waals surface area contributed by atoms with Gasteiger partial charge in [0.25, 0.3) is 5.56 Å². The Morgan fingerprint density at radius 3 is 2.30 bits per heavy atom. The number of aryl methyl sites for hydroxylation is 1. The molecule has 0 unspecified atom stereocenters. The molecule has 1 fully saturated rings. The van der Waals surface area contributed by atoms with E-state index in [1.54, 1.807) is 24.9 Å². The van der Waals surface area contributed by atoms with Crippen LogP contribution in [0.2, 0.25) is 0 Å². The van der Waals surface area contributed by atoms with Crippen LogP contribution in [0.25, 0.3) is 11.1 Å². The molecule has 3 heterocycles. The maximum absolute atomic E-state index is 13.4. The summed E-state index contributed by atoms with van der Waals surface area (Å²) in [5, 5.41) is 0. The smallest absolute Gasteiger partial charge is 0.331 e. The molecule has 5 rings (SSSR count). The van der Waals surface area contributed by atoms with Gasteiger partial charge in [-0.1, -0.05) is 42.5 Å². The van der Waals surface area contributed by atoms with Gasteiger partial charge in [0.05, 0.1) is 12.0 Å². The molecular formula is C32H38N4O4. The number of hydrogen-bond acceptors (Lipinski definition) is 4. The standard InChI is InChI=1S/C32H38N4O4/c1-21(2)36-31(39)28(27-11-7-8-22(3)23(27)4)19-34(32(36)40)20-30(38)33-15-13-26(14-16-33)35-17-12-24-9-5-6-10-25(24)18-29(35)37/h5-11,19,21,26H,12-18,20H2,1-4H3. The summed E-state index contributed by atoms with van der Waals surface area (Å²) in [4.78, 5) is 56.9. The van der Waals surface area contributed by atoms with Crippen molar-refractivity contribution in [2.24, 2.45) is 0 Å². The van der Waals surface area contributed by atoms with E-state index >= 15 is 0 Å². The van der Waals surface area contributed by atoms with E-state index in [1.165, 1.54) is 14.7 Å². The third-order valence-corrected chi connectivity index (χ3v) is 8.56. The van der Waals surface area contributed by atoms with E-state index in [0.29, 0.717) is 44.5 Å². The minimum absolute atomic E-state index is 0.104. The lowest BCUT2D eigenvalue weighted by Crippen LogP contribution is -2.50. The van der Waals surface area contributed by atoms with Gasteiger partial charge in [0.2, 0.25) is 11.8 Å². The van der Waals surface area contributed by atoms with E-state index in [2.05, 4.69) is 6.07 Å². The normalized spacial score (nSPS) is 16.3. The van der Waals surface area contributed by atoms with E-state index in [-0.39, 0.29) is 36.0 Å². The molecule has 1 aromatic heterocycles. The third-order valence-electron chi connectivity index (χ3n) is 8.56. The lowest BCUT2D eigenvalue weighted by atomic mass is 9.99. The topological polar surface area (TPSA) is 84.6 Å². The highest BCUT2D eigenvalue weighted by Gasteiger charge is 2.31. The minimum atomic E-state index is -0.480.